The normalized spacial score (nSPS) is 12.5. The quantitative estimate of drug-likeness (QED) is 0.721. The van der Waals surface area contributed by atoms with Crippen LogP contribution in [0.2, 0.25) is 0 Å². The fraction of sp³-hybridized carbons (Fsp3) is 0.692. The lowest BCUT2D eigenvalue weighted by atomic mass is 10.0. The number of carbonyl (C=O) groups excluding carboxylic acids is 1. The van der Waals surface area contributed by atoms with Gasteiger partial charge >= 0.3 is 6.03 Å². The van der Waals surface area contributed by atoms with Crippen LogP contribution in [0, 0.1) is 5.92 Å². The summed E-state index contributed by atoms with van der Waals surface area (Å²) in [6.07, 6.45) is 4.59. The first-order valence-electron chi connectivity index (χ1n) is 6.68. The number of rotatable bonds is 7. The molecule has 0 aromatic carbocycles. The zero-order chi connectivity index (χ0) is 14.3. The highest BCUT2D eigenvalue weighted by molar-refractivity contribution is 7.15. The third kappa shape index (κ3) is 6.02. The Labute approximate surface area is 118 Å². The summed E-state index contributed by atoms with van der Waals surface area (Å²) in [5.74, 6) is 0.425. The zero-order valence-electron chi connectivity index (χ0n) is 11.8. The van der Waals surface area contributed by atoms with Crippen LogP contribution >= 0.6 is 11.3 Å². The number of nitrogens with zero attached hydrogens (tertiary/aromatic N) is 1. The van der Waals surface area contributed by atoms with Gasteiger partial charge in [-0.2, -0.15) is 0 Å². The molecule has 1 heterocycles. The highest BCUT2D eigenvalue weighted by Gasteiger charge is 2.14. The van der Waals surface area contributed by atoms with Gasteiger partial charge in [0.25, 0.3) is 0 Å². The average Bonchev–Trinajstić information content (AvgIpc) is 2.75. The molecule has 0 fully saturated rings. The molecular formula is C13H23N3O2S. The predicted molar refractivity (Wildman–Crippen MR) is 78.6 cm³/mol. The number of aromatic nitrogens is 1. The Kier molecular flexibility index (Phi) is 6.80. The smallest absolute Gasteiger partial charge is 0.321 e. The second-order valence-electron chi connectivity index (χ2n) is 4.99. The maximum atomic E-state index is 11.8. The molecule has 2 amide bonds. The highest BCUT2D eigenvalue weighted by atomic mass is 32.1. The summed E-state index contributed by atoms with van der Waals surface area (Å²) in [7, 11) is 0. The van der Waals surface area contributed by atoms with Gasteiger partial charge in [-0.1, -0.05) is 27.2 Å². The number of hydrogen-bond donors (Lipinski definition) is 3. The van der Waals surface area contributed by atoms with Crippen molar-refractivity contribution >= 4 is 22.5 Å². The van der Waals surface area contributed by atoms with Gasteiger partial charge in [0.2, 0.25) is 0 Å². The van der Waals surface area contributed by atoms with Gasteiger partial charge in [0.15, 0.2) is 5.13 Å². The second-order valence-corrected chi connectivity index (χ2v) is 6.10. The zero-order valence-corrected chi connectivity index (χ0v) is 12.6. The van der Waals surface area contributed by atoms with Crippen LogP contribution in [-0.4, -0.2) is 28.8 Å². The van der Waals surface area contributed by atoms with Crippen molar-refractivity contribution in [2.75, 3.05) is 11.9 Å². The van der Waals surface area contributed by atoms with Crippen LogP contribution in [-0.2, 0) is 6.42 Å². The molecule has 108 valence electrons. The van der Waals surface area contributed by atoms with E-state index in [4.69, 9.17) is 0 Å². The second kappa shape index (κ2) is 8.12. The number of urea groups is 1. The molecule has 0 radical (unpaired) electrons. The SMILES string of the molecule is CCCc1cnc(NC(=O)NC(CO)CC(C)C)s1. The van der Waals surface area contributed by atoms with Crippen LogP contribution in [0.5, 0.6) is 0 Å². The van der Waals surface area contributed by atoms with E-state index in [1.54, 1.807) is 6.20 Å². The Bertz CT molecular complexity index is 393. The number of hydrogen-bond acceptors (Lipinski definition) is 4. The van der Waals surface area contributed by atoms with Crippen molar-refractivity contribution in [3.63, 3.8) is 0 Å². The summed E-state index contributed by atoms with van der Waals surface area (Å²) in [6.45, 7) is 6.17. The van der Waals surface area contributed by atoms with Crippen LogP contribution in [0.15, 0.2) is 6.20 Å². The lowest BCUT2D eigenvalue weighted by Crippen LogP contribution is -2.40. The average molecular weight is 285 g/mol. The first-order valence-corrected chi connectivity index (χ1v) is 7.49. The predicted octanol–water partition coefficient (Wildman–Crippen LogP) is 2.62. The molecule has 0 spiro atoms. The summed E-state index contributed by atoms with van der Waals surface area (Å²) in [6, 6.07) is -0.521. The molecule has 1 rings (SSSR count). The number of anilines is 1. The number of aliphatic hydroxyl groups is 1. The van der Waals surface area contributed by atoms with E-state index in [1.165, 1.54) is 16.2 Å². The van der Waals surface area contributed by atoms with Crippen molar-refractivity contribution in [2.45, 2.75) is 46.1 Å². The minimum Gasteiger partial charge on any atom is -0.394 e. The van der Waals surface area contributed by atoms with Gasteiger partial charge in [0, 0.05) is 11.1 Å². The molecular weight excluding hydrogens is 262 g/mol. The van der Waals surface area contributed by atoms with Gasteiger partial charge in [-0.25, -0.2) is 9.78 Å². The van der Waals surface area contributed by atoms with Gasteiger partial charge in [0.05, 0.1) is 12.6 Å². The molecule has 19 heavy (non-hydrogen) atoms. The highest BCUT2D eigenvalue weighted by Crippen LogP contribution is 2.19. The molecule has 0 aliphatic carbocycles. The maximum Gasteiger partial charge on any atom is 0.321 e. The monoisotopic (exact) mass is 285 g/mol. The number of nitrogens with one attached hydrogen (secondary N) is 2. The molecule has 1 aromatic rings. The number of aryl methyl sites for hydroxylation is 1. The molecule has 0 aliphatic rings. The van der Waals surface area contributed by atoms with Gasteiger partial charge < -0.3 is 10.4 Å². The van der Waals surface area contributed by atoms with E-state index in [9.17, 15) is 9.90 Å². The van der Waals surface area contributed by atoms with Gasteiger partial charge in [-0.05, 0) is 18.8 Å². The molecule has 3 N–H and O–H groups in total. The van der Waals surface area contributed by atoms with Crippen molar-refractivity contribution in [3.8, 4) is 0 Å². The first kappa shape index (κ1) is 15.9. The topological polar surface area (TPSA) is 74.2 Å². The lowest BCUT2D eigenvalue weighted by molar-refractivity contribution is 0.214. The van der Waals surface area contributed by atoms with Crippen molar-refractivity contribution in [2.24, 2.45) is 5.92 Å². The summed E-state index contributed by atoms with van der Waals surface area (Å²) in [5, 5.41) is 15.3. The van der Waals surface area contributed by atoms with E-state index in [2.05, 4.69) is 36.4 Å². The van der Waals surface area contributed by atoms with Crippen LogP contribution in [0.3, 0.4) is 0 Å². The van der Waals surface area contributed by atoms with Gasteiger partial charge in [0.1, 0.15) is 0 Å². The lowest BCUT2D eigenvalue weighted by Gasteiger charge is -2.17. The number of thiazole rings is 1. The molecule has 0 saturated heterocycles. The summed E-state index contributed by atoms with van der Waals surface area (Å²) >= 11 is 1.49. The van der Waals surface area contributed by atoms with Crippen LogP contribution in [0.1, 0.15) is 38.5 Å². The third-order valence-electron chi connectivity index (χ3n) is 2.58. The minimum atomic E-state index is -0.308. The van der Waals surface area contributed by atoms with Crippen molar-refractivity contribution in [1.82, 2.24) is 10.3 Å². The summed E-state index contributed by atoms with van der Waals surface area (Å²) < 4.78 is 0. The molecule has 1 aromatic heterocycles. The number of aliphatic hydroxyl groups excluding tert-OH is 1. The first-order chi connectivity index (χ1) is 9.05. The number of amides is 2. The maximum absolute atomic E-state index is 11.8. The molecule has 6 heteroatoms. The van der Waals surface area contributed by atoms with Crippen LogP contribution < -0.4 is 10.6 Å². The molecule has 0 saturated carbocycles. The van der Waals surface area contributed by atoms with E-state index in [1.807, 2.05) is 0 Å². The molecule has 0 aliphatic heterocycles. The van der Waals surface area contributed by atoms with E-state index in [0.717, 1.165) is 19.3 Å². The van der Waals surface area contributed by atoms with E-state index in [0.29, 0.717) is 11.0 Å². The van der Waals surface area contributed by atoms with E-state index < -0.39 is 0 Å². The van der Waals surface area contributed by atoms with Gasteiger partial charge in [-0.15, -0.1) is 11.3 Å². The van der Waals surface area contributed by atoms with E-state index in [-0.39, 0.29) is 18.7 Å². The molecule has 5 nitrogen and oxygen atoms in total. The Balaban J connectivity index is 2.44. The Morgan fingerprint density at radius 3 is 2.84 bits per heavy atom. The molecule has 1 atom stereocenters. The largest absolute Gasteiger partial charge is 0.394 e. The van der Waals surface area contributed by atoms with Crippen molar-refractivity contribution in [1.29, 1.82) is 0 Å². The molecule has 1 unspecified atom stereocenters. The van der Waals surface area contributed by atoms with E-state index >= 15 is 0 Å². The van der Waals surface area contributed by atoms with Gasteiger partial charge in [-0.3, -0.25) is 5.32 Å². The standard InChI is InChI=1S/C13H23N3O2S/c1-4-5-11-7-14-13(19-11)16-12(18)15-10(8-17)6-9(2)3/h7,9-10,17H,4-6,8H2,1-3H3,(H2,14,15,16,18). The minimum absolute atomic E-state index is 0.0510. The third-order valence-corrected chi connectivity index (χ3v) is 3.55. The van der Waals surface area contributed by atoms with Crippen LogP contribution in [0.25, 0.3) is 0 Å². The Morgan fingerprint density at radius 1 is 1.53 bits per heavy atom. The Hall–Kier alpha value is -1.14. The van der Waals surface area contributed by atoms with Crippen molar-refractivity contribution in [3.05, 3.63) is 11.1 Å². The van der Waals surface area contributed by atoms with Crippen molar-refractivity contribution < 1.29 is 9.90 Å². The molecule has 0 bridgehead atoms. The van der Waals surface area contributed by atoms with Crippen LogP contribution in [0.4, 0.5) is 9.93 Å². The Morgan fingerprint density at radius 2 is 2.26 bits per heavy atom. The summed E-state index contributed by atoms with van der Waals surface area (Å²) in [4.78, 5) is 17.1. The fourth-order valence-electron chi connectivity index (χ4n) is 1.79. The number of carbonyl (C=O) groups is 1. The summed E-state index contributed by atoms with van der Waals surface area (Å²) in [5.41, 5.74) is 0. The fourth-order valence-corrected chi connectivity index (χ4v) is 2.70.